The molecule has 0 saturated heterocycles. The number of fused-ring (bicyclic) bond motifs is 1. The van der Waals surface area contributed by atoms with Gasteiger partial charge in [0.05, 0.1) is 11.4 Å². The molecule has 0 saturated carbocycles. The fourth-order valence-electron chi connectivity index (χ4n) is 3.16. The Labute approximate surface area is 168 Å². The highest BCUT2D eigenvalue weighted by molar-refractivity contribution is 6.31. The minimum absolute atomic E-state index is 0.321. The summed E-state index contributed by atoms with van der Waals surface area (Å²) in [6.45, 7) is 3.97. The molecule has 140 valence electrons. The van der Waals surface area contributed by atoms with Crippen molar-refractivity contribution in [1.29, 1.82) is 0 Å². The van der Waals surface area contributed by atoms with E-state index in [2.05, 4.69) is 27.8 Å². The molecule has 0 fully saturated rings. The minimum Gasteiger partial charge on any atom is -0.353 e. The number of carbonyl (C=O) groups is 1. The molecule has 3 N–H and O–H groups in total. The summed E-state index contributed by atoms with van der Waals surface area (Å²) in [7, 11) is 0. The molecular weight excluding hydrogens is 370 g/mol. The lowest BCUT2D eigenvalue weighted by atomic mass is 10.1. The van der Waals surface area contributed by atoms with Gasteiger partial charge in [0, 0.05) is 27.2 Å². The number of anilines is 2. The van der Waals surface area contributed by atoms with Gasteiger partial charge in [0.25, 0.3) is 0 Å². The van der Waals surface area contributed by atoms with Gasteiger partial charge in [0.1, 0.15) is 0 Å². The fraction of sp³-hybridized carbons (Fsp3) is 0.0870. The predicted molar refractivity (Wildman–Crippen MR) is 117 cm³/mol. The lowest BCUT2D eigenvalue weighted by Crippen LogP contribution is -2.19. The van der Waals surface area contributed by atoms with E-state index in [9.17, 15) is 4.79 Å². The van der Waals surface area contributed by atoms with Crippen LogP contribution in [0.15, 0.2) is 66.7 Å². The van der Waals surface area contributed by atoms with Gasteiger partial charge < -0.3 is 15.6 Å². The van der Waals surface area contributed by atoms with E-state index in [1.807, 2.05) is 62.4 Å². The quantitative estimate of drug-likeness (QED) is 0.356. The Hall–Kier alpha value is -3.24. The third-order valence-corrected chi connectivity index (χ3v) is 5.12. The second-order valence-corrected chi connectivity index (χ2v) is 7.24. The summed E-state index contributed by atoms with van der Waals surface area (Å²) in [6, 6.07) is 21.2. The van der Waals surface area contributed by atoms with Crippen LogP contribution in [-0.2, 0) is 0 Å². The van der Waals surface area contributed by atoms with Crippen molar-refractivity contribution >= 4 is 39.9 Å². The third kappa shape index (κ3) is 3.59. The Morgan fingerprint density at radius 1 is 0.929 bits per heavy atom. The number of aromatic nitrogens is 1. The normalized spacial score (nSPS) is 10.8. The Balaban J connectivity index is 1.68. The van der Waals surface area contributed by atoms with E-state index in [1.54, 1.807) is 6.07 Å². The number of halogens is 1. The van der Waals surface area contributed by atoms with Gasteiger partial charge in [-0.1, -0.05) is 65.7 Å². The van der Waals surface area contributed by atoms with Gasteiger partial charge in [-0.2, -0.15) is 0 Å². The van der Waals surface area contributed by atoms with Crippen molar-refractivity contribution in [2.24, 2.45) is 0 Å². The number of amides is 2. The summed E-state index contributed by atoms with van der Waals surface area (Å²) in [4.78, 5) is 16.1. The molecular formula is C23H20ClN3O. The summed E-state index contributed by atoms with van der Waals surface area (Å²) < 4.78 is 0. The van der Waals surface area contributed by atoms with E-state index in [4.69, 9.17) is 11.6 Å². The molecule has 0 spiro atoms. The van der Waals surface area contributed by atoms with Crippen molar-refractivity contribution < 1.29 is 4.79 Å². The zero-order chi connectivity index (χ0) is 19.7. The van der Waals surface area contributed by atoms with Gasteiger partial charge in [-0.25, -0.2) is 4.79 Å². The maximum absolute atomic E-state index is 12.7. The van der Waals surface area contributed by atoms with Crippen LogP contribution in [0.5, 0.6) is 0 Å². The lowest BCUT2D eigenvalue weighted by molar-refractivity contribution is 0.262. The maximum Gasteiger partial charge on any atom is 0.323 e. The molecule has 2 amide bonds. The summed E-state index contributed by atoms with van der Waals surface area (Å²) in [5.41, 5.74) is 6.38. The number of benzene rings is 3. The topological polar surface area (TPSA) is 56.9 Å². The molecule has 4 rings (SSSR count). The van der Waals surface area contributed by atoms with Crippen LogP contribution >= 0.6 is 11.6 Å². The number of para-hydroxylation sites is 1. The maximum atomic E-state index is 12.7. The van der Waals surface area contributed by atoms with Crippen molar-refractivity contribution in [3.05, 3.63) is 82.9 Å². The van der Waals surface area contributed by atoms with Crippen molar-refractivity contribution in [3.63, 3.8) is 0 Å². The van der Waals surface area contributed by atoms with E-state index in [0.29, 0.717) is 10.7 Å². The van der Waals surface area contributed by atoms with Crippen LogP contribution < -0.4 is 10.6 Å². The molecule has 0 unspecified atom stereocenters. The Bertz CT molecular complexity index is 1160. The van der Waals surface area contributed by atoms with E-state index >= 15 is 0 Å². The smallest absolute Gasteiger partial charge is 0.323 e. The summed E-state index contributed by atoms with van der Waals surface area (Å²) in [5, 5.41) is 7.43. The van der Waals surface area contributed by atoms with E-state index in [-0.39, 0.29) is 6.03 Å². The predicted octanol–water partition coefficient (Wildman–Crippen LogP) is 6.75. The Morgan fingerprint density at radius 3 is 2.43 bits per heavy atom. The standard InChI is InChI=1S/C23H20ClN3O/c1-14-7-10-16(11-8-14)21-22(18-5-3-4-6-20(18)26-21)27-23(28)25-17-12-9-15(2)19(24)13-17/h3-13,26H,1-2H3,(H2,25,27,28). The molecule has 0 atom stereocenters. The largest absolute Gasteiger partial charge is 0.353 e. The number of rotatable bonds is 3. The average Bonchev–Trinajstić information content (AvgIpc) is 3.04. The summed E-state index contributed by atoms with van der Waals surface area (Å²) in [6.07, 6.45) is 0. The van der Waals surface area contributed by atoms with Gasteiger partial charge in [-0.3, -0.25) is 0 Å². The first-order valence-corrected chi connectivity index (χ1v) is 9.41. The zero-order valence-corrected chi connectivity index (χ0v) is 16.4. The SMILES string of the molecule is Cc1ccc(-c2[nH]c3ccccc3c2NC(=O)Nc2ccc(C)c(Cl)c2)cc1. The first-order chi connectivity index (χ1) is 13.5. The van der Waals surface area contributed by atoms with Crippen LogP contribution in [0.3, 0.4) is 0 Å². The first kappa shape index (κ1) is 18.1. The highest BCUT2D eigenvalue weighted by Crippen LogP contribution is 2.35. The van der Waals surface area contributed by atoms with Crippen LogP contribution in [0.2, 0.25) is 5.02 Å². The molecule has 0 aliphatic rings. The van der Waals surface area contributed by atoms with E-state index < -0.39 is 0 Å². The number of hydrogen-bond acceptors (Lipinski definition) is 1. The molecule has 1 aromatic heterocycles. The number of urea groups is 1. The molecule has 0 aliphatic heterocycles. The highest BCUT2D eigenvalue weighted by atomic mass is 35.5. The van der Waals surface area contributed by atoms with Gasteiger partial charge >= 0.3 is 6.03 Å². The number of aromatic amines is 1. The van der Waals surface area contributed by atoms with Crippen LogP contribution in [0.4, 0.5) is 16.2 Å². The molecule has 4 nitrogen and oxygen atoms in total. The summed E-state index contributed by atoms with van der Waals surface area (Å²) in [5.74, 6) is 0. The second kappa shape index (κ2) is 7.41. The first-order valence-electron chi connectivity index (χ1n) is 9.03. The monoisotopic (exact) mass is 389 g/mol. The zero-order valence-electron chi connectivity index (χ0n) is 15.6. The molecule has 0 bridgehead atoms. The highest BCUT2D eigenvalue weighted by Gasteiger charge is 2.15. The fourth-order valence-corrected chi connectivity index (χ4v) is 3.34. The number of carbonyl (C=O) groups excluding carboxylic acids is 1. The van der Waals surface area contributed by atoms with Crippen molar-refractivity contribution in [1.82, 2.24) is 4.98 Å². The van der Waals surface area contributed by atoms with Crippen LogP contribution in [-0.4, -0.2) is 11.0 Å². The van der Waals surface area contributed by atoms with Crippen LogP contribution in [0.1, 0.15) is 11.1 Å². The van der Waals surface area contributed by atoms with E-state index in [0.717, 1.165) is 33.4 Å². The molecule has 4 aromatic rings. The van der Waals surface area contributed by atoms with Gasteiger partial charge in [0.15, 0.2) is 0 Å². The van der Waals surface area contributed by atoms with Gasteiger partial charge in [-0.05, 0) is 37.6 Å². The minimum atomic E-state index is -0.321. The number of H-pyrrole nitrogens is 1. The number of aryl methyl sites for hydroxylation is 2. The molecule has 5 heteroatoms. The van der Waals surface area contributed by atoms with E-state index in [1.165, 1.54) is 5.56 Å². The Morgan fingerprint density at radius 2 is 1.68 bits per heavy atom. The summed E-state index contributed by atoms with van der Waals surface area (Å²) >= 11 is 6.16. The average molecular weight is 390 g/mol. The molecule has 1 heterocycles. The van der Waals surface area contributed by atoms with Crippen molar-refractivity contribution in [2.75, 3.05) is 10.6 Å². The van der Waals surface area contributed by atoms with Crippen molar-refractivity contribution in [2.45, 2.75) is 13.8 Å². The third-order valence-electron chi connectivity index (χ3n) is 4.71. The van der Waals surface area contributed by atoms with Crippen LogP contribution in [0, 0.1) is 13.8 Å². The number of nitrogens with one attached hydrogen (secondary N) is 3. The Kier molecular flexibility index (Phi) is 4.80. The molecule has 28 heavy (non-hydrogen) atoms. The van der Waals surface area contributed by atoms with Crippen LogP contribution in [0.25, 0.3) is 22.2 Å². The molecule has 3 aromatic carbocycles. The lowest BCUT2D eigenvalue weighted by Gasteiger charge is -2.10. The second-order valence-electron chi connectivity index (χ2n) is 6.83. The molecule has 0 radical (unpaired) electrons. The van der Waals surface area contributed by atoms with Gasteiger partial charge in [-0.15, -0.1) is 0 Å². The van der Waals surface area contributed by atoms with Crippen molar-refractivity contribution in [3.8, 4) is 11.3 Å². The number of hydrogen-bond donors (Lipinski definition) is 3. The molecule has 0 aliphatic carbocycles. The van der Waals surface area contributed by atoms with Gasteiger partial charge in [0.2, 0.25) is 0 Å².